The molecule has 0 unspecified atom stereocenters. The molecule has 0 aromatic rings. The van der Waals surface area contributed by atoms with Gasteiger partial charge in [0.2, 0.25) is 0 Å². The van der Waals surface area contributed by atoms with Crippen molar-refractivity contribution in [2.24, 2.45) is 0 Å². The molecule has 0 bridgehead atoms. The van der Waals surface area contributed by atoms with Gasteiger partial charge in [-0.05, 0) is 26.7 Å². The van der Waals surface area contributed by atoms with E-state index in [1.165, 1.54) is 0 Å². The molecule has 0 aliphatic rings. The lowest BCUT2D eigenvalue weighted by molar-refractivity contribution is -0.151. The molecule has 0 aliphatic heterocycles. The van der Waals surface area contributed by atoms with Crippen LogP contribution in [-0.2, 0) is 19.1 Å². The van der Waals surface area contributed by atoms with Crippen LogP contribution in [0.15, 0.2) is 0 Å². The molecular formula is C12H22O4. The number of rotatable bonds is 7. The van der Waals surface area contributed by atoms with Crippen molar-refractivity contribution in [1.29, 1.82) is 0 Å². The number of esters is 2. The predicted octanol–water partition coefficient (Wildman–Crippen LogP) is 2.45. The SMILES string of the molecule is CCC(=O)O[C@H](C)CC[C@@H](C)OC(=O)CC. The normalized spacial score (nSPS) is 14.0. The predicted molar refractivity (Wildman–Crippen MR) is 60.9 cm³/mol. The van der Waals surface area contributed by atoms with E-state index in [4.69, 9.17) is 9.47 Å². The molecule has 2 atom stereocenters. The van der Waals surface area contributed by atoms with Crippen LogP contribution in [0.3, 0.4) is 0 Å². The van der Waals surface area contributed by atoms with E-state index in [1.54, 1.807) is 13.8 Å². The fourth-order valence-electron chi connectivity index (χ4n) is 1.20. The molecule has 0 saturated heterocycles. The third-order valence-corrected chi connectivity index (χ3v) is 2.22. The highest BCUT2D eigenvalue weighted by atomic mass is 16.5. The van der Waals surface area contributed by atoms with Gasteiger partial charge in [0.25, 0.3) is 0 Å². The van der Waals surface area contributed by atoms with Crippen molar-refractivity contribution in [3.63, 3.8) is 0 Å². The molecule has 0 aromatic heterocycles. The first-order valence-corrected chi connectivity index (χ1v) is 5.88. The summed E-state index contributed by atoms with van der Waals surface area (Å²) in [5, 5.41) is 0. The van der Waals surface area contributed by atoms with Crippen LogP contribution in [0.25, 0.3) is 0 Å². The molecule has 0 amide bonds. The van der Waals surface area contributed by atoms with Crippen LogP contribution in [0.2, 0.25) is 0 Å². The second kappa shape index (κ2) is 8.13. The highest BCUT2D eigenvalue weighted by Gasteiger charge is 2.12. The van der Waals surface area contributed by atoms with E-state index in [-0.39, 0.29) is 24.1 Å². The minimum atomic E-state index is -0.189. The van der Waals surface area contributed by atoms with E-state index in [2.05, 4.69) is 0 Å². The molecule has 16 heavy (non-hydrogen) atoms. The molecule has 0 radical (unpaired) electrons. The summed E-state index contributed by atoms with van der Waals surface area (Å²) in [5.41, 5.74) is 0. The lowest BCUT2D eigenvalue weighted by atomic mass is 10.1. The summed E-state index contributed by atoms with van der Waals surface area (Å²) in [6, 6.07) is 0. The number of hydrogen-bond donors (Lipinski definition) is 0. The van der Waals surface area contributed by atoms with Gasteiger partial charge in [0, 0.05) is 12.8 Å². The number of carbonyl (C=O) groups excluding carboxylic acids is 2. The van der Waals surface area contributed by atoms with Gasteiger partial charge in [-0.1, -0.05) is 13.8 Å². The summed E-state index contributed by atoms with van der Waals surface area (Å²) >= 11 is 0. The second-order valence-electron chi connectivity index (χ2n) is 3.89. The molecular weight excluding hydrogens is 208 g/mol. The van der Waals surface area contributed by atoms with E-state index in [9.17, 15) is 9.59 Å². The Morgan fingerprint density at radius 2 is 1.19 bits per heavy atom. The van der Waals surface area contributed by atoms with E-state index >= 15 is 0 Å². The Morgan fingerprint density at radius 3 is 1.44 bits per heavy atom. The lowest BCUT2D eigenvalue weighted by Crippen LogP contribution is -2.19. The molecule has 0 N–H and O–H groups in total. The summed E-state index contributed by atoms with van der Waals surface area (Å²) in [4.78, 5) is 22.0. The standard InChI is InChI=1S/C12H22O4/c1-5-11(13)15-9(3)7-8-10(4)16-12(14)6-2/h9-10H,5-8H2,1-4H3/t9-,10-/m1/s1. The minimum absolute atomic E-state index is 0.116. The van der Waals surface area contributed by atoms with Crippen molar-refractivity contribution in [1.82, 2.24) is 0 Å². The first kappa shape index (κ1) is 14.9. The average Bonchev–Trinajstić information content (AvgIpc) is 2.26. The molecule has 0 spiro atoms. The summed E-state index contributed by atoms with van der Waals surface area (Å²) in [6.45, 7) is 7.23. The van der Waals surface area contributed by atoms with Crippen LogP contribution in [0.1, 0.15) is 53.4 Å². The van der Waals surface area contributed by atoms with Crippen molar-refractivity contribution in [2.45, 2.75) is 65.6 Å². The maximum atomic E-state index is 11.0. The molecule has 0 rings (SSSR count). The van der Waals surface area contributed by atoms with Gasteiger partial charge < -0.3 is 9.47 Å². The van der Waals surface area contributed by atoms with Crippen LogP contribution < -0.4 is 0 Å². The van der Waals surface area contributed by atoms with Gasteiger partial charge >= 0.3 is 11.9 Å². The van der Waals surface area contributed by atoms with E-state index in [1.807, 2.05) is 13.8 Å². The monoisotopic (exact) mass is 230 g/mol. The molecule has 4 heteroatoms. The van der Waals surface area contributed by atoms with Gasteiger partial charge in [-0.2, -0.15) is 0 Å². The number of hydrogen-bond acceptors (Lipinski definition) is 4. The third-order valence-electron chi connectivity index (χ3n) is 2.22. The molecule has 0 heterocycles. The van der Waals surface area contributed by atoms with E-state index in [0.29, 0.717) is 25.7 Å². The highest BCUT2D eigenvalue weighted by Crippen LogP contribution is 2.09. The first-order chi connectivity index (χ1) is 7.49. The van der Waals surface area contributed by atoms with Crippen LogP contribution in [0, 0.1) is 0 Å². The van der Waals surface area contributed by atoms with Gasteiger partial charge in [0.1, 0.15) is 0 Å². The van der Waals surface area contributed by atoms with Gasteiger partial charge in [0.05, 0.1) is 12.2 Å². The first-order valence-electron chi connectivity index (χ1n) is 5.88. The molecule has 0 fully saturated rings. The topological polar surface area (TPSA) is 52.6 Å². The van der Waals surface area contributed by atoms with Crippen molar-refractivity contribution in [3.05, 3.63) is 0 Å². The summed E-state index contributed by atoms with van der Waals surface area (Å²) in [7, 11) is 0. The number of carbonyl (C=O) groups is 2. The smallest absolute Gasteiger partial charge is 0.305 e. The average molecular weight is 230 g/mol. The van der Waals surface area contributed by atoms with Crippen molar-refractivity contribution >= 4 is 11.9 Å². The van der Waals surface area contributed by atoms with Crippen LogP contribution in [0.5, 0.6) is 0 Å². The minimum Gasteiger partial charge on any atom is -0.463 e. The maximum absolute atomic E-state index is 11.0. The highest BCUT2D eigenvalue weighted by molar-refractivity contribution is 5.69. The van der Waals surface area contributed by atoms with Crippen LogP contribution in [0.4, 0.5) is 0 Å². The maximum Gasteiger partial charge on any atom is 0.305 e. The zero-order valence-electron chi connectivity index (χ0n) is 10.6. The number of ether oxygens (including phenoxy) is 2. The van der Waals surface area contributed by atoms with E-state index < -0.39 is 0 Å². The third kappa shape index (κ3) is 7.26. The van der Waals surface area contributed by atoms with Crippen molar-refractivity contribution < 1.29 is 19.1 Å². The molecule has 0 saturated carbocycles. The van der Waals surface area contributed by atoms with Gasteiger partial charge in [0.15, 0.2) is 0 Å². The summed E-state index contributed by atoms with van der Waals surface area (Å²) < 4.78 is 10.2. The Balaban J connectivity index is 3.70. The quantitative estimate of drug-likeness (QED) is 0.630. The zero-order chi connectivity index (χ0) is 12.6. The molecule has 94 valence electrons. The Kier molecular flexibility index (Phi) is 7.60. The molecule has 0 aliphatic carbocycles. The zero-order valence-corrected chi connectivity index (χ0v) is 10.6. The van der Waals surface area contributed by atoms with Gasteiger partial charge in [-0.25, -0.2) is 0 Å². The van der Waals surface area contributed by atoms with Crippen molar-refractivity contribution in [3.8, 4) is 0 Å². The van der Waals surface area contributed by atoms with Crippen molar-refractivity contribution in [2.75, 3.05) is 0 Å². The summed E-state index contributed by atoms with van der Waals surface area (Å²) in [5.74, 6) is -0.378. The van der Waals surface area contributed by atoms with Crippen LogP contribution in [-0.4, -0.2) is 24.1 Å². The summed E-state index contributed by atoms with van der Waals surface area (Å²) in [6.07, 6.45) is 1.98. The van der Waals surface area contributed by atoms with E-state index in [0.717, 1.165) is 0 Å². The van der Waals surface area contributed by atoms with Gasteiger partial charge in [-0.3, -0.25) is 9.59 Å². The lowest BCUT2D eigenvalue weighted by Gasteiger charge is -2.16. The Bertz CT molecular complexity index is 201. The molecule has 4 nitrogen and oxygen atoms in total. The fraction of sp³-hybridized carbons (Fsp3) is 0.833. The Hall–Kier alpha value is -1.06. The second-order valence-corrected chi connectivity index (χ2v) is 3.89. The Labute approximate surface area is 97.3 Å². The fourth-order valence-corrected chi connectivity index (χ4v) is 1.20. The van der Waals surface area contributed by atoms with Gasteiger partial charge in [-0.15, -0.1) is 0 Å². The Morgan fingerprint density at radius 1 is 0.875 bits per heavy atom. The molecule has 0 aromatic carbocycles. The van der Waals surface area contributed by atoms with Crippen LogP contribution >= 0.6 is 0 Å². The largest absolute Gasteiger partial charge is 0.463 e.